The van der Waals surface area contributed by atoms with E-state index < -0.39 is 0 Å². The van der Waals surface area contributed by atoms with E-state index in [-0.39, 0.29) is 17.8 Å². The van der Waals surface area contributed by atoms with Gasteiger partial charge in [0.05, 0.1) is 5.92 Å². The molecule has 3 heteroatoms. The fraction of sp³-hybridized carbons (Fsp3) is 0.500. The first kappa shape index (κ1) is 13.8. The largest absolute Gasteiger partial charge is 0.426 e. The van der Waals surface area contributed by atoms with E-state index in [1.165, 1.54) is 5.56 Å². The van der Waals surface area contributed by atoms with Gasteiger partial charge in [-0.25, -0.2) is 0 Å². The molecule has 0 atom stereocenters. The molecule has 3 nitrogen and oxygen atoms in total. The van der Waals surface area contributed by atoms with Crippen molar-refractivity contribution in [3.05, 3.63) is 29.8 Å². The molecule has 0 radical (unpaired) electrons. The van der Waals surface area contributed by atoms with E-state index in [0.29, 0.717) is 5.75 Å². The van der Waals surface area contributed by atoms with Gasteiger partial charge in [0.15, 0.2) is 0 Å². The molecule has 19 heavy (non-hydrogen) atoms. The molecule has 0 aliphatic heterocycles. The average Bonchev–Trinajstić information content (AvgIpc) is 2.48. The lowest BCUT2D eigenvalue weighted by Crippen LogP contribution is -2.26. The van der Waals surface area contributed by atoms with Crippen LogP contribution in [0.3, 0.4) is 0 Å². The summed E-state index contributed by atoms with van der Waals surface area (Å²) in [5, 5.41) is 0. The summed E-state index contributed by atoms with van der Waals surface area (Å²) in [7, 11) is 0. The fourth-order valence-corrected chi connectivity index (χ4v) is 2.48. The van der Waals surface area contributed by atoms with Gasteiger partial charge in [-0.1, -0.05) is 19.1 Å². The Morgan fingerprint density at radius 1 is 1.21 bits per heavy atom. The van der Waals surface area contributed by atoms with Crippen LogP contribution in [0.4, 0.5) is 0 Å². The van der Waals surface area contributed by atoms with Crippen LogP contribution in [0, 0.1) is 11.8 Å². The molecule has 1 aromatic rings. The number of rotatable bonds is 4. The zero-order chi connectivity index (χ0) is 13.7. The van der Waals surface area contributed by atoms with Crippen molar-refractivity contribution in [1.29, 1.82) is 0 Å². The number of carbonyl (C=O) groups excluding carboxylic acids is 2. The summed E-state index contributed by atoms with van der Waals surface area (Å²) in [4.78, 5) is 22.7. The smallest absolute Gasteiger partial charge is 0.314 e. The van der Waals surface area contributed by atoms with Crippen molar-refractivity contribution >= 4 is 12.3 Å². The summed E-state index contributed by atoms with van der Waals surface area (Å²) in [5.41, 5.74) is 1.23. The molecule has 0 heterocycles. The maximum absolute atomic E-state index is 12.0. The van der Waals surface area contributed by atoms with E-state index in [1.807, 2.05) is 24.3 Å². The molecular formula is C16H20O3. The Morgan fingerprint density at radius 3 is 2.37 bits per heavy atom. The first-order valence-electron chi connectivity index (χ1n) is 6.99. The number of carbonyl (C=O) groups is 2. The lowest BCUT2D eigenvalue weighted by molar-refractivity contribution is -0.140. The zero-order valence-corrected chi connectivity index (χ0v) is 11.3. The quantitative estimate of drug-likeness (QED) is 0.474. The third-order valence-corrected chi connectivity index (χ3v) is 3.85. The highest BCUT2D eigenvalue weighted by molar-refractivity contribution is 5.75. The molecule has 0 N–H and O–H groups in total. The summed E-state index contributed by atoms with van der Waals surface area (Å²) in [6, 6.07) is 7.64. The molecular weight excluding hydrogens is 240 g/mol. The molecule has 1 aliphatic carbocycles. The molecule has 0 unspecified atom stereocenters. The van der Waals surface area contributed by atoms with Crippen LogP contribution in [0.25, 0.3) is 0 Å². The van der Waals surface area contributed by atoms with E-state index in [0.717, 1.165) is 38.4 Å². The lowest BCUT2D eigenvalue weighted by atomic mass is 9.83. The van der Waals surface area contributed by atoms with E-state index >= 15 is 0 Å². The summed E-state index contributed by atoms with van der Waals surface area (Å²) < 4.78 is 5.39. The Morgan fingerprint density at radius 2 is 1.84 bits per heavy atom. The minimum atomic E-state index is -0.159. The van der Waals surface area contributed by atoms with E-state index in [4.69, 9.17) is 4.74 Å². The molecule has 0 aromatic heterocycles. The minimum Gasteiger partial charge on any atom is -0.426 e. The van der Waals surface area contributed by atoms with Crippen molar-refractivity contribution in [3.63, 3.8) is 0 Å². The predicted octanol–water partition coefficient (Wildman–Crippen LogP) is 3.16. The van der Waals surface area contributed by atoms with Crippen LogP contribution < -0.4 is 4.74 Å². The molecule has 1 aliphatic rings. The number of esters is 1. The van der Waals surface area contributed by atoms with Crippen LogP contribution in [0.1, 0.15) is 38.2 Å². The van der Waals surface area contributed by atoms with Crippen LogP contribution >= 0.6 is 0 Å². The number of aryl methyl sites for hydroxylation is 1. The third kappa shape index (κ3) is 3.66. The monoisotopic (exact) mass is 260 g/mol. The minimum absolute atomic E-state index is 0.0537. The Bertz CT molecular complexity index is 428. The molecule has 1 aromatic carbocycles. The molecule has 0 saturated heterocycles. The number of hydrogen-bond acceptors (Lipinski definition) is 3. The van der Waals surface area contributed by atoms with Gasteiger partial charge in [-0.2, -0.15) is 0 Å². The lowest BCUT2D eigenvalue weighted by Gasteiger charge is -2.23. The van der Waals surface area contributed by atoms with E-state index in [2.05, 4.69) is 6.92 Å². The van der Waals surface area contributed by atoms with Gasteiger partial charge in [0.2, 0.25) is 0 Å². The fourth-order valence-electron chi connectivity index (χ4n) is 2.48. The number of benzene rings is 1. The van der Waals surface area contributed by atoms with Gasteiger partial charge in [-0.05, 0) is 49.8 Å². The van der Waals surface area contributed by atoms with Gasteiger partial charge in [0, 0.05) is 5.92 Å². The van der Waals surface area contributed by atoms with Crippen molar-refractivity contribution in [2.75, 3.05) is 0 Å². The first-order valence-corrected chi connectivity index (χ1v) is 6.99. The van der Waals surface area contributed by atoms with Crippen LogP contribution in [0.2, 0.25) is 0 Å². The van der Waals surface area contributed by atoms with Crippen LogP contribution in [0.5, 0.6) is 5.75 Å². The normalized spacial score (nSPS) is 22.8. The summed E-state index contributed by atoms with van der Waals surface area (Å²) in [6.07, 6.45) is 5.11. The summed E-state index contributed by atoms with van der Waals surface area (Å²) >= 11 is 0. The topological polar surface area (TPSA) is 43.4 Å². The Kier molecular flexibility index (Phi) is 4.72. The van der Waals surface area contributed by atoms with Gasteiger partial charge >= 0.3 is 5.97 Å². The third-order valence-electron chi connectivity index (χ3n) is 3.85. The van der Waals surface area contributed by atoms with E-state index in [1.54, 1.807) is 0 Å². The van der Waals surface area contributed by atoms with Crippen molar-refractivity contribution in [3.8, 4) is 5.75 Å². The maximum Gasteiger partial charge on any atom is 0.314 e. The second-order valence-corrected chi connectivity index (χ2v) is 5.17. The second-order valence-electron chi connectivity index (χ2n) is 5.17. The predicted molar refractivity (Wildman–Crippen MR) is 73.0 cm³/mol. The van der Waals surface area contributed by atoms with Gasteiger partial charge in [-0.3, -0.25) is 4.79 Å². The Labute approximate surface area is 114 Å². The van der Waals surface area contributed by atoms with Crippen molar-refractivity contribution in [2.24, 2.45) is 11.8 Å². The molecule has 0 amide bonds. The SMILES string of the molecule is CCc1ccc(OC(=O)C2CCC(C=O)CC2)cc1. The second kappa shape index (κ2) is 6.50. The van der Waals surface area contributed by atoms with Gasteiger partial charge in [0.1, 0.15) is 12.0 Å². The standard InChI is InChI=1S/C16H20O3/c1-2-12-5-9-15(10-6-12)19-16(18)14-7-3-13(11-17)4-8-14/h5-6,9-11,13-14H,2-4,7-8H2,1H3. The van der Waals surface area contributed by atoms with Crippen LogP contribution in [-0.4, -0.2) is 12.3 Å². The highest BCUT2D eigenvalue weighted by Gasteiger charge is 2.27. The summed E-state index contributed by atoms with van der Waals surface area (Å²) in [5.74, 6) is 0.531. The maximum atomic E-state index is 12.0. The van der Waals surface area contributed by atoms with Crippen molar-refractivity contribution in [1.82, 2.24) is 0 Å². The van der Waals surface area contributed by atoms with E-state index in [9.17, 15) is 9.59 Å². The molecule has 2 rings (SSSR count). The van der Waals surface area contributed by atoms with Gasteiger partial charge in [0.25, 0.3) is 0 Å². The first-order chi connectivity index (χ1) is 9.22. The van der Waals surface area contributed by atoms with Gasteiger partial charge in [-0.15, -0.1) is 0 Å². The number of ether oxygens (including phenoxy) is 1. The zero-order valence-electron chi connectivity index (χ0n) is 11.3. The molecule has 1 saturated carbocycles. The molecule has 1 fully saturated rings. The Hall–Kier alpha value is -1.64. The highest BCUT2D eigenvalue weighted by atomic mass is 16.5. The van der Waals surface area contributed by atoms with Crippen LogP contribution in [-0.2, 0) is 16.0 Å². The highest BCUT2D eigenvalue weighted by Crippen LogP contribution is 2.29. The Balaban J connectivity index is 1.88. The molecule has 0 spiro atoms. The number of hydrogen-bond donors (Lipinski definition) is 0. The van der Waals surface area contributed by atoms with Crippen LogP contribution in [0.15, 0.2) is 24.3 Å². The van der Waals surface area contributed by atoms with Crippen molar-refractivity contribution < 1.29 is 14.3 Å². The summed E-state index contributed by atoms with van der Waals surface area (Å²) in [6.45, 7) is 2.09. The van der Waals surface area contributed by atoms with Gasteiger partial charge < -0.3 is 9.53 Å². The molecule has 102 valence electrons. The molecule has 0 bridgehead atoms. The average molecular weight is 260 g/mol. The van der Waals surface area contributed by atoms with Crippen molar-refractivity contribution in [2.45, 2.75) is 39.0 Å². The number of aldehydes is 1.